The fourth-order valence-corrected chi connectivity index (χ4v) is 1.21. The molecule has 3 nitrogen and oxygen atoms in total. The van der Waals surface area contributed by atoms with Crippen molar-refractivity contribution in [3.05, 3.63) is 64.6 Å². The molecule has 0 aliphatic rings. The minimum atomic E-state index is -0.399. The van der Waals surface area contributed by atoms with E-state index in [1.54, 1.807) is 24.3 Å². The summed E-state index contributed by atoms with van der Waals surface area (Å²) in [6.45, 7) is 5.65. The van der Waals surface area contributed by atoms with E-state index in [0.717, 1.165) is 0 Å². The predicted molar refractivity (Wildman–Crippen MR) is 61.4 cm³/mol. The van der Waals surface area contributed by atoms with Gasteiger partial charge in [-0.1, -0.05) is 30.4 Å². The largest absolute Gasteiger partial charge is 0.276 e. The van der Waals surface area contributed by atoms with E-state index >= 15 is 0 Å². The quantitative estimate of drug-likeness (QED) is 0.428. The van der Waals surface area contributed by atoms with Crippen LogP contribution in [0, 0.1) is 17.0 Å². The Morgan fingerprint density at radius 2 is 2.13 bits per heavy atom. The summed E-state index contributed by atoms with van der Waals surface area (Å²) in [5, 5.41) is 10.7. The highest BCUT2D eigenvalue weighted by molar-refractivity contribution is 5.66. The van der Waals surface area contributed by atoms with Crippen molar-refractivity contribution in [2.24, 2.45) is 0 Å². The summed E-state index contributed by atoms with van der Waals surface area (Å²) in [6, 6.07) is 4.86. The Balaban J connectivity index is 3.19. The highest BCUT2D eigenvalue weighted by Crippen LogP contribution is 2.23. The second-order valence-electron chi connectivity index (χ2n) is 2.99. The molecule has 0 fully saturated rings. The molecule has 0 saturated carbocycles. The van der Waals surface area contributed by atoms with Gasteiger partial charge in [0.15, 0.2) is 0 Å². The maximum atomic E-state index is 10.7. The van der Waals surface area contributed by atoms with Crippen molar-refractivity contribution >= 4 is 11.8 Å². The van der Waals surface area contributed by atoms with Gasteiger partial charge in [-0.2, -0.15) is 0 Å². The second kappa shape index (κ2) is 5.10. The van der Waals surface area contributed by atoms with Crippen LogP contribution in [0.2, 0.25) is 0 Å². The maximum Gasteiger partial charge on any atom is 0.276 e. The molecule has 1 radical (unpaired) electrons. The van der Waals surface area contributed by atoms with Gasteiger partial charge in [-0.15, -0.1) is 0 Å². The normalized spacial score (nSPS) is 11.3. The van der Waals surface area contributed by atoms with E-state index in [4.69, 9.17) is 0 Å². The van der Waals surface area contributed by atoms with Crippen LogP contribution in [0.1, 0.15) is 18.1 Å². The van der Waals surface area contributed by atoms with E-state index in [2.05, 4.69) is 6.92 Å². The molecule has 0 saturated heterocycles. The number of benzene rings is 1. The summed E-state index contributed by atoms with van der Waals surface area (Å²) in [5.41, 5.74) is 1.30. The van der Waals surface area contributed by atoms with Crippen LogP contribution in [0.4, 0.5) is 5.69 Å². The first-order valence-electron chi connectivity index (χ1n) is 4.55. The molecule has 0 aliphatic heterocycles. The first kappa shape index (κ1) is 11.2. The van der Waals surface area contributed by atoms with Crippen LogP contribution < -0.4 is 0 Å². The SMILES string of the molecule is [CH2]c1cccc([N+](=O)[O-])c1/C=C/C=C/C. The molecule has 0 N–H and O–H groups in total. The fraction of sp³-hybridized carbons (Fsp3) is 0.0833. The third-order valence-electron chi connectivity index (χ3n) is 1.94. The molecule has 1 aromatic rings. The van der Waals surface area contributed by atoms with E-state index in [-0.39, 0.29) is 5.69 Å². The van der Waals surface area contributed by atoms with Gasteiger partial charge in [0.2, 0.25) is 0 Å². The number of allylic oxidation sites excluding steroid dienone is 3. The zero-order valence-corrected chi connectivity index (χ0v) is 8.51. The van der Waals surface area contributed by atoms with E-state index in [0.29, 0.717) is 11.1 Å². The van der Waals surface area contributed by atoms with Crippen molar-refractivity contribution in [1.82, 2.24) is 0 Å². The summed E-state index contributed by atoms with van der Waals surface area (Å²) in [6.07, 6.45) is 7.13. The number of nitrogens with zero attached hydrogens (tertiary/aromatic N) is 1. The standard InChI is InChI=1S/C12H12NO2/c1-3-4-5-8-11-10(2)7-6-9-12(11)13(14)15/h3-9H,2H2,1H3/b4-3+,8-5+. The molecular weight excluding hydrogens is 190 g/mol. The molecule has 0 amide bonds. The third-order valence-corrected chi connectivity index (χ3v) is 1.94. The van der Waals surface area contributed by atoms with Gasteiger partial charge in [0, 0.05) is 6.07 Å². The molecule has 1 rings (SSSR count). The van der Waals surface area contributed by atoms with Crippen molar-refractivity contribution in [3.8, 4) is 0 Å². The van der Waals surface area contributed by atoms with E-state index in [9.17, 15) is 10.1 Å². The Hall–Kier alpha value is -1.90. The number of nitro benzene ring substituents is 1. The fourth-order valence-electron chi connectivity index (χ4n) is 1.21. The number of rotatable bonds is 3. The van der Waals surface area contributed by atoms with Crippen molar-refractivity contribution < 1.29 is 4.92 Å². The number of nitro groups is 1. The smallest absolute Gasteiger partial charge is 0.258 e. The molecule has 1 aromatic carbocycles. The van der Waals surface area contributed by atoms with Gasteiger partial charge in [-0.3, -0.25) is 10.1 Å². The van der Waals surface area contributed by atoms with Crippen molar-refractivity contribution in [1.29, 1.82) is 0 Å². The molecule has 15 heavy (non-hydrogen) atoms. The van der Waals surface area contributed by atoms with Crippen LogP contribution in [0.15, 0.2) is 36.4 Å². The summed E-state index contributed by atoms with van der Waals surface area (Å²) in [4.78, 5) is 10.3. The topological polar surface area (TPSA) is 43.1 Å². The minimum absolute atomic E-state index is 0.0863. The molecule has 0 bridgehead atoms. The zero-order chi connectivity index (χ0) is 11.3. The van der Waals surface area contributed by atoms with Crippen LogP contribution >= 0.6 is 0 Å². The summed E-state index contributed by atoms with van der Waals surface area (Å²) in [5.74, 6) is 0. The molecule has 0 spiro atoms. The summed E-state index contributed by atoms with van der Waals surface area (Å²) >= 11 is 0. The molecule has 0 heterocycles. The van der Waals surface area contributed by atoms with Gasteiger partial charge >= 0.3 is 0 Å². The molecule has 3 heteroatoms. The summed E-state index contributed by atoms with van der Waals surface area (Å²) < 4.78 is 0. The molecule has 0 aliphatic carbocycles. The van der Waals surface area contributed by atoms with Gasteiger partial charge in [0.05, 0.1) is 10.5 Å². The lowest BCUT2D eigenvalue weighted by Crippen LogP contribution is -1.93. The Labute approximate surface area is 88.9 Å². The highest BCUT2D eigenvalue weighted by Gasteiger charge is 2.11. The van der Waals surface area contributed by atoms with E-state index in [1.165, 1.54) is 6.07 Å². The number of hydrogen-bond acceptors (Lipinski definition) is 2. The minimum Gasteiger partial charge on any atom is -0.258 e. The predicted octanol–water partition coefficient (Wildman–Crippen LogP) is 3.37. The molecule has 0 aromatic heterocycles. The average Bonchev–Trinajstić information content (AvgIpc) is 2.20. The van der Waals surface area contributed by atoms with Gasteiger partial charge in [-0.05, 0) is 25.5 Å². The van der Waals surface area contributed by atoms with Crippen LogP contribution in [0.3, 0.4) is 0 Å². The Morgan fingerprint density at radius 3 is 2.73 bits per heavy atom. The van der Waals surface area contributed by atoms with Crippen molar-refractivity contribution in [2.75, 3.05) is 0 Å². The first-order chi connectivity index (χ1) is 7.16. The first-order valence-corrected chi connectivity index (χ1v) is 4.55. The van der Waals surface area contributed by atoms with Crippen LogP contribution in [-0.2, 0) is 0 Å². The lowest BCUT2D eigenvalue weighted by Gasteiger charge is -2.00. The second-order valence-corrected chi connectivity index (χ2v) is 2.99. The van der Waals surface area contributed by atoms with Crippen molar-refractivity contribution in [2.45, 2.75) is 6.92 Å². The van der Waals surface area contributed by atoms with Crippen LogP contribution in [-0.4, -0.2) is 4.92 Å². The zero-order valence-electron chi connectivity index (χ0n) is 8.51. The van der Waals surface area contributed by atoms with Gasteiger partial charge in [0.25, 0.3) is 5.69 Å². The lowest BCUT2D eigenvalue weighted by atomic mass is 10.1. The van der Waals surface area contributed by atoms with Gasteiger partial charge in [-0.25, -0.2) is 0 Å². The van der Waals surface area contributed by atoms with Crippen molar-refractivity contribution in [3.63, 3.8) is 0 Å². The Kier molecular flexibility index (Phi) is 3.80. The van der Waals surface area contributed by atoms with Crippen LogP contribution in [0.5, 0.6) is 0 Å². The Bertz CT molecular complexity index is 420. The Morgan fingerprint density at radius 1 is 1.40 bits per heavy atom. The van der Waals surface area contributed by atoms with Crippen LogP contribution in [0.25, 0.3) is 6.08 Å². The third kappa shape index (κ3) is 2.77. The maximum absolute atomic E-state index is 10.7. The molecule has 0 atom stereocenters. The van der Waals surface area contributed by atoms with E-state index < -0.39 is 4.92 Å². The monoisotopic (exact) mass is 202 g/mol. The average molecular weight is 202 g/mol. The molecule has 77 valence electrons. The number of hydrogen-bond donors (Lipinski definition) is 0. The highest BCUT2D eigenvalue weighted by atomic mass is 16.6. The van der Waals surface area contributed by atoms with E-state index in [1.807, 2.05) is 19.1 Å². The summed E-state index contributed by atoms with van der Waals surface area (Å²) in [7, 11) is 0. The van der Waals surface area contributed by atoms with Gasteiger partial charge in [0.1, 0.15) is 0 Å². The molecule has 0 unspecified atom stereocenters. The lowest BCUT2D eigenvalue weighted by molar-refractivity contribution is -0.385. The molecular formula is C12H12NO2. The van der Waals surface area contributed by atoms with Gasteiger partial charge < -0.3 is 0 Å².